The fourth-order valence-electron chi connectivity index (χ4n) is 1.16. The Kier molecular flexibility index (Phi) is 3.44. The Bertz CT molecular complexity index is 427. The van der Waals surface area contributed by atoms with Gasteiger partial charge in [-0.15, -0.1) is 0 Å². The van der Waals surface area contributed by atoms with E-state index < -0.39 is 10.9 Å². The van der Waals surface area contributed by atoms with Crippen LogP contribution in [0.25, 0.3) is 0 Å². The molecule has 0 aliphatic rings. The third-order valence-corrected chi connectivity index (χ3v) is 1.77. The molecule has 86 valence electrons. The molecule has 1 rings (SSSR count). The van der Waals surface area contributed by atoms with Gasteiger partial charge in [-0.1, -0.05) is 0 Å². The minimum absolute atomic E-state index is 0.133. The van der Waals surface area contributed by atoms with Crippen LogP contribution in [0.5, 0.6) is 5.75 Å². The summed E-state index contributed by atoms with van der Waals surface area (Å²) in [6.45, 7) is 3.49. The summed E-state index contributed by atoms with van der Waals surface area (Å²) in [6.07, 6.45) is -0.195. The van der Waals surface area contributed by atoms with Gasteiger partial charge in [0.05, 0.1) is 11.0 Å². The molecule has 0 atom stereocenters. The van der Waals surface area contributed by atoms with Crippen molar-refractivity contribution in [3.8, 4) is 5.75 Å². The molecule has 0 radical (unpaired) electrons. The molecular formula is C10H11NO5. The molecule has 0 saturated heterocycles. The molecule has 0 heterocycles. The summed E-state index contributed by atoms with van der Waals surface area (Å²) in [6, 6.07) is 3.49. The van der Waals surface area contributed by atoms with Gasteiger partial charge in [-0.3, -0.25) is 10.1 Å². The highest BCUT2D eigenvalue weighted by Gasteiger charge is 2.17. The van der Waals surface area contributed by atoms with Crippen LogP contribution in [0.15, 0.2) is 18.2 Å². The van der Waals surface area contributed by atoms with Crippen LogP contribution < -0.4 is 4.74 Å². The van der Waals surface area contributed by atoms with Crippen LogP contribution in [0, 0.1) is 10.1 Å². The van der Waals surface area contributed by atoms with E-state index in [1.807, 2.05) is 0 Å². The second-order valence-corrected chi connectivity index (χ2v) is 3.41. The number of rotatable bonds is 4. The van der Waals surface area contributed by atoms with Crippen LogP contribution in [0.1, 0.15) is 24.2 Å². The van der Waals surface area contributed by atoms with Crippen molar-refractivity contribution in [2.45, 2.75) is 20.0 Å². The van der Waals surface area contributed by atoms with Crippen LogP contribution in [0.3, 0.4) is 0 Å². The smallest absolute Gasteiger partial charge is 0.339 e. The first-order valence-corrected chi connectivity index (χ1v) is 4.60. The molecule has 0 aromatic heterocycles. The Labute approximate surface area is 91.6 Å². The van der Waals surface area contributed by atoms with E-state index in [0.29, 0.717) is 0 Å². The third-order valence-electron chi connectivity index (χ3n) is 1.77. The quantitative estimate of drug-likeness (QED) is 0.625. The predicted molar refractivity (Wildman–Crippen MR) is 55.8 cm³/mol. The highest BCUT2D eigenvalue weighted by molar-refractivity contribution is 5.91. The number of non-ortho nitro benzene ring substituents is 1. The van der Waals surface area contributed by atoms with Gasteiger partial charge >= 0.3 is 5.97 Å². The summed E-state index contributed by atoms with van der Waals surface area (Å²) in [4.78, 5) is 20.7. The maximum atomic E-state index is 10.9. The number of aromatic carboxylic acids is 1. The Hall–Kier alpha value is -2.11. The fraction of sp³-hybridized carbons (Fsp3) is 0.300. The minimum Gasteiger partial charge on any atom is -0.490 e. The number of carboxylic acid groups (broad SMARTS) is 1. The molecule has 0 aliphatic heterocycles. The van der Waals surface area contributed by atoms with E-state index in [1.54, 1.807) is 13.8 Å². The Morgan fingerprint density at radius 3 is 2.56 bits per heavy atom. The summed E-state index contributed by atoms with van der Waals surface area (Å²) >= 11 is 0. The lowest BCUT2D eigenvalue weighted by Gasteiger charge is -2.11. The van der Waals surface area contributed by atoms with Crippen LogP contribution >= 0.6 is 0 Å². The first-order chi connectivity index (χ1) is 7.41. The van der Waals surface area contributed by atoms with Crippen molar-refractivity contribution in [1.29, 1.82) is 0 Å². The number of nitro groups is 1. The van der Waals surface area contributed by atoms with E-state index in [-0.39, 0.29) is 23.1 Å². The van der Waals surface area contributed by atoms with Crippen molar-refractivity contribution in [2.75, 3.05) is 0 Å². The molecule has 6 heteroatoms. The summed E-state index contributed by atoms with van der Waals surface area (Å²) in [5.74, 6) is -1.12. The normalized spacial score (nSPS) is 10.2. The summed E-state index contributed by atoms with van der Waals surface area (Å²) in [7, 11) is 0. The molecule has 6 nitrogen and oxygen atoms in total. The van der Waals surface area contributed by atoms with Crippen molar-refractivity contribution in [3.05, 3.63) is 33.9 Å². The van der Waals surface area contributed by atoms with Gasteiger partial charge in [-0.05, 0) is 19.9 Å². The summed E-state index contributed by atoms with van der Waals surface area (Å²) in [5.41, 5.74) is -0.476. The van der Waals surface area contributed by atoms with E-state index in [2.05, 4.69) is 0 Å². The number of carbonyl (C=O) groups is 1. The predicted octanol–water partition coefficient (Wildman–Crippen LogP) is 2.08. The number of hydrogen-bond acceptors (Lipinski definition) is 4. The van der Waals surface area contributed by atoms with E-state index in [4.69, 9.17) is 9.84 Å². The molecular weight excluding hydrogens is 214 g/mol. The lowest BCUT2D eigenvalue weighted by molar-refractivity contribution is -0.384. The van der Waals surface area contributed by atoms with Gasteiger partial charge in [0.25, 0.3) is 5.69 Å². The number of nitro benzene ring substituents is 1. The maximum absolute atomic E-state index is 10.9. The monoisotopic (exact) mass is 225 g/mol. The van der Waals surface area contributed by atoms with Gasteiger partial charge in [-0.2, -0.15) is 0 Å². The molecule has 1 aromatic rings. The van der Waals surface area contributed by atoms with Gasteiger partial charge in [0.15, 0.2) is 0 Å². The van der Waals surface area contributed by atoms with Gasteiger partial charge < -0.3 is 9.84 Å². The largest absolute Gasteiger partial charge is 0.490 e. The van der Waals surface area contributed by atoms with E-state index in [1.165, 1.54) is 12.1 Å². The summed E-state index contributed by atoms with van der Waals surface area (Å²) in [5, 5.41) is 19.4. The van der Waals surface area contributed by atoms with Crippen LogP contribution in [-0.2, 0) is 0 Å². The zero-order chi connectivity index (χ0) is 12.3. The van der Waals surface area contributed by atoms with Crippen molar-refractivity contribution in [1.82, 2.24) is 0 Å². The molecule has 0 amide bonds. The van der Waals surface area contributed by atoms with E-state index in [9.17, 15) is 14.9 Å². The molecule has 0 fully saturated rings. The molecule has 0 aliphatic carbocycles. The fourth-order valence-corrected chi connectivity index (χ4v) is 1.16. The highest BCUT2D eigenvalue weighted by atomic mass is 16.6. The molecule has 1 N–H and O–H groups in total. The van der Waals surface area contributed by atoms with Crippen molar-refractivity contribution >= 4 is 11.7 Å². The molecule has 0 bridgehead atoms. The van der Waals surface area contributed by atoms with Crippen molar-refractivity contribution < 1.29 is 19.6 Å². The van der Waals surface area contributed by atoms with Gasteiger partial charge in [-0.25, -0.2) is 4.79 Å². The Morgan fingerprint density at radius 2 is 2.12 bits per heavy atom. The third kappa shape index (κ3) is 2.69. The van der Waals surface area contributed by atoms with E-state index >= 15 is 0 Å². The second-order valence-electron chi connectivity index (χ2n) is 3.41. The van der Waals surface area contributed by atoms with Gasteiger partial charge in [0, 0.05) is 12.1 Å². The second kappa shape index (κ2) is 4.61. The maximum Gasteiger partial charge on any atom is 0.339 e. The highest BCUT2D eigenvalue weighted by Crippen LogP contribution is 2.25. The average Bonchev–Trinajstić information content (AvgIpc) is 2.16. The number of nitrogens with zero attached hydrogens (tertiary/aromatic N) is 1. The molecule has 0 unspecified atom stereocenters. The van der Waals surface area contributed by atoms with Crippen LogP contribution in [0.4, 0.5) is 5.69 Å². The lowest BCUT2D eigenvalue weighted by atomic mass is 10.2. The molecule has 0 saturated carbocycles. The van der Waals surface area contributed by atoms with Gasteiger partial charge in [0.2, 0.25) is 0 Å². The zero-order valence-corrected chi connectivity index (χ0v) is 8.84. The van der Waals surface area contributed by atoms with Crippen molar-refractivity contribution in [2.24, 2.45) is 0 Å². The first-order valence-electron chi connectivity index (χ1n) is 4.60. The Morgan fingerprint density at radius 1 is 1.50 bits per heavy atom. The molecule has 1 aromatic carbocycles. The number of hydrogen-bond donors (Lipinski definition) is 1. The standard InChI is InChI=1S/C10H11NO5/c1-6(2)16-9-4-3-7(11(14)15)5-8(9)10(12)13/h3-6H,1-2H3,(H,12,13). The van der Waals surface area contributed by atoms with Crippen molar-refractivity contribution in [3.63, 3.8) is 0 Å². The molecule has 16 heavy (non-hydrogen) atoms. The summed E-state index contributed by atoms with van der Waals surface area (Å²) < 4.78 is 5.24. The van der Waals surface area contributed by atoms with Gasteiger partial charge in [0.1, 0.15) is 11.3 Å². The zero-order valence-electron chi connectivity index (χ0n) is 8.84. The average molecular weight is 225 g/mol. The van der Waals surface area contributed by atoms with Crippen LogP contribution in [-0.4, -0.2) is 22.1 Å². The minimum atomic E-state index is -1.25. The number of benzene rings is 1. The Balaban J connectivity index is 3.19. The first kappa shape index (κ1) is 12.0. The number of carboxylic acids is 1. The topological polar surface area (TPSA) is 89.7 Å². The molecule has 0 spiro atoms. The SMILES string of the molecule is CC(C)Oc1ccc([N+](=O)[O-])cc1C(=O)O. The lowest BCUT2D eigenvalue weighted by Crippen LogP contribution is -2.10. The number of ether oxygens (including phenoxy) is 1. The van der Waals surface area contributed by atoms with E-state index in [0.717, 1.165) is 6.07 Å². The van der Waals surface area contributed by atoms with Crippen LogP contribution in [0.2, 0.25) is 0 Å².